The average Bonchev–Trinajstić information content (AvgIpc) is 2.56. The zero-order valence-corrected chi connectivity index (χ0v) is 12.7. The van der Waals surface area contributed by atoms with Crippen LogP contribution in [0.1, 0.15) is 0 Å². The molecule has 3 rings (SSSR count). The third-order valence-electron chi connectivity index (χ3n) is 3.14. The second-order valence-corrected chi connectivity index (χ2v) is 5.06. The zero-order chi connectivity index (χ0) is 15.4. The molecule has 0 saturated carbocycles. The lowest BCUT2D eigenvalue weighted by atomic mass is 10.1. The number of halogens is 1. The largest absolute Gasteiger partial charge is 0.497 e. The van der Waals surface area contributed by atoms with E-state index in [0.717, 1.165) is 22.7 Å². The molecule has 0 amide bonds. The summed E-state index contributed by atoms with van der Waals surface area (Å²) in [5.74, 6) is 1.35. The maximum atomic E-state index is 5.91. The van der Waals surface area contributed by atoms with Crippen molar-refractivity contribution in [1.29, 1.82) is 0 Å². The van der Waals surface area contributed by atoms with E-state index in [9.17, 15) is 0 Å². The minimum Gasteiger partial charge on any atom is -0.497 e. The highest BCUT2D eigenvalue weighted by Crippen LogP contribution is 2.22. The molecule has 0 bridgehead atoms. The molecule has 2 aromatic carbocycles. The Morgan fingerprint density at radius 1 is 0.955 bits per heavy atom. The van der Waals surface area contributed by atoms with E-state index in [0.29, 0.717) is 11.0 Å². The minimum atomic E-state index is 0.539. The van der Waals surface area contributed by atoms with Crippen LogP contribution in [-0.4, -0.2) is 17.1 Å². The van der Waals surface area contributed by atoms with Gasteiger partial charge in [0.1, 0.15) is 5.75 Å². The van der Waals surface area contributed by atoms with Gasteiger partial charge in [-0.05, 0) is 42.5 Å². The van der Waals surface area contributed by atoms with Crippen molar-refractivity contribution in [3.8, 4) is 17.0 Å². The first-order valence-corrected chi connectivity index (χ1v) is 7.12. The molecule has 5 heteroatoms. The summed E-state index contributed by atoms with van der Waals surface area (Å²) in [5, 5.41) is 3.88. The van der Waals surface area contributed by atoms with Gasteiger partial charge < -0.3 is 10.1 Å². The molecule has 0 fully saturated rings. The van der Waals surface area contributed by atoms with Gasteiger partial charge in [0.2, 0.25) is 5.95 Å². The predicted molar refractivity (Wildman–Crippen MR) is 88.8 cm³/mol. The molecule has 110 valence electrons. The summed E-state index contributed by atoms with van der Waals surface area (Å²) in [4.78, 5) is 8.75. The second kappa shape index (κ2) is 6.45. The number of aromatic nitrogens is 2. The van der Waals surface area contributed by atoms with Crippen molar-refractivity contribution in [1.82, 2.24) is 9.97 Å². The number of hydrogen-bond acceptors (Lipinski definition) is 4. The van der Waals surface area contributed by atoms with Crippen LogP contribution in [0.15, 0.2) is 60.8 Å². The molecular weight excluding hydrogens is 298 g/mol. The minimum absolute atomic E-state index is 0.539. The molecule has 0 atom stereocenters. The summed E-state index contributed by atoms with van der Waals surface area (Å²) in [5.41, 5.74) is 2.72. The third-order valence-corrected chi connectivity index (χ3v) is 3.39. The van der Waals surface area contributed by atoms with Crippen molar-refractivity contribution in [2.45, 2.75) is 0 Å². The fourth-order valence-electron chi connectivity index (χ4n) is 2.00. The summed E-state index contributed by atoms with van der Waals surface area (Å²) in [6, 6.07) is 17.0. The van der Waals surface area contributed by atoms with E-state index in [1.807, 2.05) is 54.6 Å². The van der Waals surface area contributed by atoms with Gasteiger partial charge in [-0.1, -0.05) is 23.7 Å². The van der Waals surface area contributed by atoms with Crippen LogP contribution in [0.3, 0.4) is 0 Å². The molecule has 0 aliphatic rings. The van der Waals surface area contributed by atoms with E-state index < -0.39 is 0 Å². The lowest BCUT2D eigenvalue weighted by molar-refractivity contribution is 0.415. The number of methoxy groups -OCH3 is 1. The van der Waals surface area contributed by atoms with Crippen LogP contribution >= 0.6 is 11.6 Å². The predicted octanol–water partition coefficient (Wildman–Crippen LogP) is 4.55. The first-order chi connectivity index (χ1) is 10.7. The number of nitrogens with zero attached hydrogens (tertiary/aromatic N) is 2. The fraction of sp³-hybridized carbons (Fsp3) is 0.0588. The Bertz CT molecular complexity index is 758. The van der Waals surface area contributed by atoms with Crippen LogP contribution in [0.5, 0.6) is 5.75 Å². The van der Waals surface area contributed by atoms with Gasteiger partial charge in [-0.25, -0.2) is 9.97 Å². The van der Waals surface area contributed by atoms with E-state index in [4.69, 9.17) is 16.3 Å². The summed E-state index contributed by atoms with van der Waals surface area (Å²) >= 11 is 5.91. The summed E-state index contributed by atoms with van der Waals surface area (Å²) in [7, 11) is 1.64. The molecule has 0 aliphatic heterocycles. The molecule has 0 saturated heterocycles. The lowest BCUT2D eigenvalue weighted by Gasteiger charge is -2.07. The van der Waals surface area contributed by atoms with Gasteiger partial charge in [0.15, 0.2) is 0 Å². The molecule has 3 aromatic rings. The number of rotatable bonds is 4. The smallest absolute Gasteiger partial charge is 0.227 e. The van der Waals surface area contributed by atoms with Crippen LogP contribution in [0, 0.1) is 0 Å². The molecule has 0 aliphatic carbocycles. The molecule has 1 heterocycles. The topological polar surface area (TPSA) is 47.0 Å². The van der Waals surface area contributed by atoms with Crippen LogP contribution < -0.4 is 10.1 Å². The number of ether oxygens (including phenoxy) is 1. The van der Waals surface area contributed by atoms with Gasteiger partial charge in [-0.2, -0.15) is 0 Å². The lowest BCUT2D eigenvalue weighted by Crippen LogP contribution is -1.97. The van der Waals surface area contributed by atoms with E-state index in [2.05, 4.69) is 15.3 Å². The molecule has 1 N–H and O–H groups in total. The highest BCUT2D eigenvalue weighted by Gasteiger charge is 2.03. The van der Waals surface area contributed by atoms with Crippen molar-refractivity contribution in [2.24, 2.45) is 0 Å². The maximum Gasteiger partial charge on any atom is 0.227 e. The van der Waals surface area contributed by atoms with Crippen LogP contribution in [0.4, 0.5) is 11.6 Å². The first kappa shape index (κ1) is 14.4. The Kier molecular flexibility index (Phi) is 4.21. The highest BCUT2D eigenvalue weighted by molar-refractivity contribution is 6.30. The first-order valence-electron chi connectivity index (χ1n) is 6.75. The Labute approximate surface area is 133 Å². The Hall–Kier alpha value is -2.59. The molecule has 0 spiro atoms. The highest BCUT2D eigenvalue weighted by atomic mass is 35.5. The fourth-order valence-corrected chi connectivity index (χ4v) is 2.13. The number of anilines is 2. The van der Waals surface area contributed by atoms with Crippen molar-refractivity contribution in [3.05, 3.63) is 65.8 Å². The standard InChI is InChI=1S/C17H14ClN3O/c1-22-15-8-6-14(7-9-15)20-17-19-11-10-16(21-17)12-2-4-13(18)5-3-12/h2-11H,1H3,(H,19,20,21). The van der Waals surface area contributed by atoms with E-state index in [1.54, 1.807) is 13.3 Å². The Morgan fingerprint density at radius 3 is 2.36 bits per heavy atom. The van der Waals surface area contributed by atoms with Gasteiger partial charge in [-0.3, -0.25) is 0 Å². The Balaban J connectivity index is 1.82. The van der Waals surface area contributed by atoms with Crippen molar-refractivity contribution in [3.63, 3.8) is 0 Å². The van der Waals surface area contributed by atoms with Gasteiger partial charge in [-0.15, -0.1) is 0 Å². The molecule has 0 unspecified atom stereocenters. The quantitative estimate of drug-likeness (QED) is 0.768. The van der Waals surface area contributed by atoms with Gasteiger partial charge in [0.25, 0.3) is 0 Å². The molecule has 22 heavy (non-hydrogen) atoms. The molecule has 0 radical (unpaired) electrons. The van der Waals surface area contributed by atoms with Crippen molar-refractivity contribution < 1.29 is 4.74 Å². The van der Waals surface area contributed by atoms with Crippen molar-refractivity contribution >= 4 is 23.2 Å². The number of nitrogens with one attached hydrogen (secondary N) is 1. The summed E-state index contributed by atoms with van der Waals surface area (Å²) < 4.78 is 5.14. The summed E-state index contributed by atoms with van der Waals surface area (Å²) in [6.07, 6.45) is 1.72. The van der Waals surface area contributed by atoms with E-state index in [1.165, 1.54) is 0 Å². The number of benzene rings is 2. The molecular formula is C17H14ClN3O. The molecule has 1 aromatic heterocycles. The van der Waals surface area contributed by atoms with E-state index in [-0.39, 0.29) is 0 Å². The maximum absolute atomic E-state index is 5.91. The van der Waals surface area contributed by atoms with E-state index >= 15 is 0 Å². The SMILES string of the molecule is COc1ccc(Nc2nccc(-c3ccc(Cl)cc3)n2)cc1. The van der Waals surface area contributed by atoms with Crippen LogP contribution in [-0.2, 0) is 0 Å². The third kappa shape index (κ3) is 3.35. The van der Waals surface area contributed by atoms with Crippen LogP contribution in [0.25, 0.3) is 11.3 Å². The van der Waals surface area contributed by atoms with Gasteiger partial charge >= 0.3 is 0 Å². The second-order valence-electron chi connectivity index (χ2n) is 4.63. The zero-order valence-electron chi connectivity index (χ0n) is 12.0. The number of hydrogen-bond donors (Lipinski definition) is 1. The van der Waals surface area contributed by atoms with Crippen LogP contribution in [0.2, 0.25) is 5.02 Å². The normalized spacial score (nSPS) is 10.3. The summed E-state index contributed by atoms with van der Waals surface area (Å²) in [6.45, 7) is 0. The monoisotopic (exact) mass is 311 g/mol. The molecule has 4 nitrogen and oxygen atoms in total. The van der Waals surface area contributed by atoms with Gasteiger partial charge in [0.05, 0.1) is 12.8 Å². The Morgan fingerprint density at radius 2 is 1.68 bits per heavy atom. The van der Waals surface area contributed by atoms with Gasteiger partial charge in [0, 0.05) is 22.5 Å². The average molecular weight is 312 g/mol. The van der Waals surface area contributed by atoms with Crippen molar-refractivity contribution in [2.75, 3.05) is 12.4 Å².